The van der Waals surface area contributed by atoms with Crippen LogP contribution < -0.4 is 0 Å². The van der Waals surface area contributed by atoms with Gasteiger partial charge in [0.15, 0.2) is 0 Å². The van der Waals surface area contributed by atoms with E-state index in [0.717, 1.165) is 32.3 Å². The molecule has 0 saturated carbocycles. The maximum absolute atomic E-state index is 11.8. The van der Waals surface area contributed by atoms with Crippen LogP contribution in [0.5, 0.6) is 0 Å². The summed E-state index contributed by atoms with van der Waals surface area (Å²) in [6.07, 6.45) is 19.8. The Morgan fingerprint density at radius 1 is 0.412 bits per heavy atom. The highest BCUT2D eigenvalue weighted by molar-refractivity contribution is 5.69. The van der Waals surface area contributed by atoms with Gasteiger partial charge in [-0.1, -0.05) is 97.3 Å². The molecule has 0 amide bonds. The van der Waals surface area contributed by atoms with E-state index in [1.165, 1.54) is 70.6 Å². The lowest BCUT2D eigenvalue weighted by Crippen LogP contribution is -2.14. The maximum atomic E-state index is 11.8. The van der Waals surface area contributed by atoms with E-state index in [1.54, 1.807) is 0 Å². The van der Waals surface area contributed by atoms with E-state index < -0.39 is 0 Å². The molecule has 6 nitrogen and oxygen atoms in total. The molecule has 204 valence electrons. The van der Waals surface area contributed by atoms with E-state index in [-0.39, 0.29) is 5.97 Å². The Morgan fingerprint density at radius 3 is 1.21 bits per heavy atom. The molecule has 0 rings (SSSR count). The molecule has 0 fully saturated rings. The van der Waals surface area contributed by atoms with Gasteiger partial charge in [-0.2, -0.15) is 0 Å². The molecule has 0 aliphatic carbocycles. The molecular weight excluding hydrogens is 432 g/mol. The van der Waals surface area contributed by atoms with E-state index in [4.69, 9.17) is 23.7 Å². The Bertz CT molecular complexity index is 391. The van der Waals surface area contributed by atoms with E-state index in [9.17, 15) is 4.79 Å². The van der Waals surface area contributed by atoms with E-state index >= 15 is 0 Å². The Hall–Kier alpha value is -0.690. The summed E-state index contributed by atoms with van der Waals surface area (Å²) in [6, 6.07) is 0. The first kappa shape index (κ1) is 33.3. The van der Waals surface area contributed by atoms with E-state index in [1.807, 2.05) is 0 Å². The van der Waals surface area contributed by atoms with Crippen molar-refractivity contribution in [2.24, 2.45) is 0 Å². The van der Waals surface area contributed by atoms with Crippen molar-refractivity contribution in [3.8, 4) is 0 Å². The number of hydrogen-bond acceptors (Lipinski definition) is 6. The molecule has 0 saturated heterocycles. The first-order valence-electron chi connectivity index (χ1n) is 14.3. The zero-order chi connectivity index (χ0) is 24.8. The van der Waals surface area contributed by atoms with Gasteiger partial charge in [-0.3, -0.25) is 4.79 Å². The van der Waals surface area contributed by atoms with Crippen LogP contribution in [0.1, 0.15) is 117 Å². The van der Waals surface area contributed by atoms with Crippen molar-refractivity contribution in [3.05, 3.63) is 0 Å². The third kappa shape index (κ3) is 29.3. The number of rotatable bonds is 29. The van der Waals surface area contributed by atoms with Crippen LogP contribution in [0.3, 0.4) is 0 Å². The van der Waals surface area contributed by atoms with Gasteiger partial charge in [-0.15, -0.1) is 0 Å². The SMILES string of the molecule is CCCCCCCCCCCCCCCC(=O)OCCOCCOCCOCCOCCCC. The second-order valence-corrected chi connectivity index (χ2v) is 9.02. The summed E-state index contributed by atoms with van der Waals surface area (Å²) in [5.41, 5.74) is 0. The molecule has 0 atom stereocenters. The molecule has 34 heavy (non-hydrogen) atoms. The molecule has 0 aromatic heterocycles. The van der Waals surface area contributed by atoms with Gasteiger partial charge in [0.25, 0.3) is 0 Å². The monoisotopic (exact) mass is 488 g/mol. The summed E-state index contributed by atoms with van der Waals surface area (Å²) < 4.78 is 26.9. The summed E-state index contributed by atoms with van der Waals surface area (Å²) in [6.45, 7) is 9.33. The zero-order valence-electron chi connectivity index (χ0n) is 22.6. The van der Waals surface area contributed by atoms with Gasteiger partial charge in [0.2, 0.25) is 0 Å². The van der Waals surface area contributed by atoms with Gasteiger partial charge in [-0.05, 0) is 12.8 Å². The van der Waals surface area contributed by atoms with E-state index in [0.29, 0.717) is 59.3 Å². The van der Waals surface area contributed by atoms with Crippen molar-refractivity contribution in [2.75, 3.05) is 59.5 Å². The average Bonchev–Trinajstić information content (AvgIpc) is 2.84. The lowest BCUT2D eigenvalue weighted by molar-refractivity contribution is -0.145. The average molecular weight is 489 g/mol. The van der Waals surface area contributed by atoms with Crippen LogP contribution in [-0.4, -0.2) is 65.4 Å². The lowest BCUT2D eigenvalue weighted by Gasteiger charge is -2.08. The lowest BCUT2D eigenvalue weighted by atomic mass is 10.0. The summed E-state index contributed by atoms with van der Waals surface area (Å²) in [7, 11) is 0. The largest absolute Gasteiger partial charge is 0.463 e. The standard InChI is InChI=1S/C28H56O6/c1-3-5-7-8-9-10-11-12-13-14-15-16-17-18-28(29)34-27-26-33-25-24-32-23-22-31-21-20-30-19-6-4-2/h3-27H2,1-2H3. The van der Waals surface area contributed by atoms with Crippen LogP contribution in [-0.2, 0) is 28.5 Å². The van der Waals surface area contributed by atoms with Gasteiger partial charge in [0.1, 0.15) is 6.61 Å². The molecule has 0 aliphatic heterocycles. The van der Waals surface area contributed by atoms with Crippen LogP contribution in [0.25, 0.3) is 0 Å². The zero-order valence-corrected chi connectivity index (χ0v) is 22.6. The maximum Gasteiger partial charge on any atom is 0.305 e. The van der Waals surface area contributed by atoms with Crippen molar-refractivity contribution >= 4 is 5.97 Å². The minimum atomic E-state index is -0.112. The molecule has 0 heterocycles. The third-order valence-electron chi connectivity index (χ3n) is 5.73. The minimum Gasteiger partial charge on any atom is -0.463 e. The fourth-order valence-electron chi connectivity index (χ4n) is 3.58. The normalized spacial score (nSPS) is 11.2. The molecule has 0 spiro atoms. The first-order valence-corrected chi connectivity index (χ1v) is 14.3. The smallest absolute Gasteiger partial charge is 0.305 e. The quantitative estimate of drug-likeness (QED) is 0.0845. The van der Waals surface area contributed by atoms with Gasteiger partial charge in [0.05, 0.1) is 46.2 Å². The van der Waals surface area contributed by atoms with Crippen molar-refractivity contribution in [1.82, 2.24) is 0 Å². The van der Waals surface area contributed by atoms with Crippen LogP contribution >= 0.6 is 0 Å². The molecule has 0 bridgehead atoms. The second-order valence-electron chi connectivity index (χ2n) is 9.02. The molecule has 0 aromatic carbocycles. The Labute approximate surface area is 210 Å². The van der Waals surface area contributed by atoms with Crippen LogP contribution in [0.15, 0.2) is 0 Å². The number of unbranched alkanes of at least 4 members (excludes halogenated alkanes) is 13. The van der Waals surface area contributed by atoms with Crippen molar-refractivity contribution in [3.63, 3.8) is 0 Å². The minimum absolute atomic E-state index is 0.112. The highest BCUT2D eigenvalue weighted by Crippen LogP contribution is 2.13. The van der Waals surface area contributed by atoms with Crippen molar-refractivity contribution in [1.29, 1.82) is 0 Å². The van der Waals surface area contributed by atoms with Gasteiger partial charge in [0, 0.05) is 13.0 Å². The summed E-state index contributed by atoms with van der Waals surface area (Å²) in [4.78, 5) is 11.8. The van der Waals surface area contributed by atoms with Crippen molar-refractivity contribution < 1.29 is 28.5 Å². The molecule has 0 N–H and O–H groups in total. The Kier molecular flexibility index (Phi) is 29.7. The van der Waals surface area contributed by atoms with Crippen LogP contribution in [0, 0.1) is 0 Å². The highest BCUT2D eigenvalue weighted by atomic mass is 16.6. The Balaban J connectivity index is 3.14. The first-order chi connectivity index (χ1) is 16.8. The number of carbonyl (C=O) groups excluding carboxylic acids is 1. The molecular formula is C28H56O6. The predicted octanol–water partition coefficient (Wildman–Crippen LogP) is 6.88. The molecule has 0 radical (unpaired) electrons. The second kappa shape index (κ2) is 30.3. The Morgan fingerprint density at radius 2 is 0.765 bits per heavy atom. The molecule has 0 aromatic rings. The number of carbonyl (C=O) groups is 1. The van der Waals surface area contributed by atoms with Gasteiger partial charge >= 0.3 is 5.97 Å². The number of ether oxygens (including phenoxy) is 5. The highest BCUT2D eigenvalue weighted by Gasteiger charge is 2.02. The van der Waals surface area contributed by atoms with E-state index in [2.05, 4.69) is 13.8 Å². The molecule has 0 aliphatic rings. The van der Waals surface area contributed by atoms with Gasteiger partial charge < -0.3 is 23.7 Å². The number of esters is 1. The summed E-state index contributed by atoms with van der Waals surface area (Å²) >= 11 is 0. The van der Waals surface area contributed by atoms with Gasteiger partial charge in [-0.25, -0.2) is 0 Å². The summed E-state index contributed by atoms with van der Waals surface area (Å²) in [5, 5.41) is 0. The molecule has 0 unspecified atom stereocenters. The van der Waals surface area contributed by atoms with Crippen molar-refractivity contribution in [2.45, 2.75) is 117 Å². The predicted molar refractivity (Wildman–Crippen MR) is 139 cm³/mol. The fourth-order valence-corrected chi connectivity index (χ4v) is 3.58. The third-order valence-corrected chi connectivity index (χ3v) is 5.73. The summed E-state index contributed by atoms with van der Waals surface area (Å²) in [5.74, 6) is -0.112. The topological polar surface area (TPSA) is 63.2 Å². The fraction of sp³-hybridized carbons (Fsp3) is 0.964. The van der Waals surface area contributed by atoms with Crippen LogP contribution in [0.4, 0.5) is 0 Å². The molecule has 6 heteroatoms. The van der Waals surface area contributed by atoms with Crippen LogP contribution in [0.2, 0.25) is 0 Å². The number of hydrogen-bond donors (Lipinski definition) is 0.